The van der Waals surface area contributed by atoms with Gasteiger partial charge in [-0.1, -0.05) is 36.9 Å². The van der Waals surface area contributed by atoms with Crippen molar-refractivity contribution in [1.29, 1.82) is 0 Å². The van der Waals surface area contributed by atoms with E-state index in [0.717, 1.165) is 17.3 Å². The topological polar surface area (TPSA) is 55.8 Å². The lowest BCUT2D eigenvalue weighted by molar-refractivity contribution is -0.113. The number of para-hydroxylation sites is 1. The molecule has 6 heteroatoms. The monoisotopic (exact) mass is 381 g/mol. The zero-order valence-corrected chi connectivity index (χ0v) is 15.7. The van der Waals surface area contributed by atoms with E-state index in [0.29, 0.717) is 35.3 Å². The van der Waals surface area contributed by atoms with Crippen molar-refractivity contribution in [3.05, 3.63) is 71.7 Å². The summed E-state index contributed by atoms with van der Waals surface area (Å²) in [7, 11) is 0. The van der Waals surface area contributed by atoms with E-state index in [4.69, 9.17) is 9.47 Å². The molecule has 0 N–H and O–H groups in total. The van der Waals surface area contributed by atoms with E-state index in [-0.39, 0.29) is 11.1 Å². The third kappa shape index (κ3) is 4.23. The van der Waals surface area contributed by atoms with Crippen LogP contribution in [-0.4, -0.2) is 24.4 Å². The van der Waals surface area contributed by atoms with Gasteiger partial charge in [-0.3, -0.25) is 9.59 Å². The molecule has 27 heavy (non-hydrogen) atoms. The third-order valence-electron chi connectivity index (χ3n) is 3.73. The van der Waals surface area contributed by atoms with E-state index in [1.807, 2.05) is 19.1 Å². The molecule has 2 aromatic carbocycles. The van der Waals surface area contributed by atoms with Gasteiger partial charge in [0.2, 0.25) is 0 Å². The van der Waals surface area contributed by atoms with Crippen molar-refractivity contribution in [2.45, 2.75) is 6.92 Å². The number of carbonyl (C=O) groups excluding carboxylic acids is 2. The molecule has 0 bridgehead atoms. The van der Waals surface area contributed by atoms with Crippen LogP contribution in [0.25, 0.3) is 6.08 Å². The van der Waals surface area contributed by atoms with Crippen LogP contribution in [0, 0.1) is 0 Å². The smallest absolute Gasteiger partial charge is 0.298 e. The molecule has 5 nitrogen and oxygen atoms in total. The third-order valence-corrected chi connectivity index (χ3v) is 4.60. The molecule has 1 fully saturated rings. The van der Waals surface area contributed by atoms with E-state index in [1.54, 1.807) is 48.6 Å². The molecule has 0 atom stereocenters. The molecular formula is C21H19NO4S. The Morgan fingerprint density at radius 2 is 1.85 bits per heavy atom. The van der Waals surface area contributed by atoms with E-state index in [9.17, 15) is 9.59 Å². The highest BCUT2D eigenvalue weighted by Crippen LogP contribution is 2.37. The van der Waals surface area contributed by atoms with E-state index < -0.39 is 0 Å². The Hall–Kier alpha value is -2.99. The summed E-state index contributed by atoms with van der Waals surface area (Å²) < 4.78 is 11.2. The van der Waals surface area contributed by atoms with Gasteiger partial charge in [-0.05, 0) is 54.6 Å². The molecule has 0 spiro atoms. The number of nitrogens with zero attached hydrogens (tertiary/aromatic N) is 1. The Kier molecular flexibility index (Phi) is 5.98. The molecule has 0 radical (unpaired) electrons. The molecule has 2 aromatic rings. The van der Waals surface area contributed by atoms with E-state index in [1.165, 1.54) is 4.90 Å². The summed E-state index contributed by atoms with van der Waals surface area (Å²) in [5, 5.41) is -0.312. The molecule has 0 aliphatic carbocycles. The normalized spacial score (nSPS) is 15.3. The Morgan fingerprint density at radius 3 is 2.56 bits per heavy atom. The summed E-state index contributed by atoms with van der Waals surface area (Å²) >= 11 is 0.922. The average Bonchev–Trinajstić information content (AvgIpc) is 2.95. The highest BCUT2D eigenvalue weighted by atomic mass is 32.2. The second-order valence-corrected chi connectivity index (χ2v) is 6.58. The Labute approximate surface area is 162 Å². The molecule has 138 valence electrons. The van der Waals surface area contributed by atoms with Gasteiger partial charge >= 0.3 is 0 Å². The molecule has 3 rings (SSSR count). The van der Waals surface area contributed by atoms with Crippen molar-refractivity contribution in [2.75, 3.05) is 18.1 Å². The molecule has 1 saturated heterocycles. The minimum atomic E-state index is -0.332. The highest BCUT2D eigenvalue weighted by molar-refractivity contribution is 8.19. The van der Waals surface area contributed by atoms with Crippen LogP contribution in [0.2, 0.25) is 0 Å². The molecule has 0 saturated carbocycles. The number of ether oxygens (including phenoxy) is 2. The first-order valence-electron chi connectivity index (χ1n) is 8.47. The van der Waals surface area contributed by atoms with Crippen LogP contribution in [-0.2, 0) is 4.79 Å². The summed E-state index contributed by atoms with van der Waals surface area (Å²) in [6.45, 7) is 6.37. The summed E-state index contributed by atoms with van der Waals surface area (Å²) in [5.74, 6) is 0.850. The summed E-state index contributed by atoms with van der Waals surface area (Å²) in [6.07, 6.45) is 3.34. The standard InChI is InChI=1S/C21H19NO4S/c1-3-12-26-17-11-10-15(13-18(17)25-4-2)14-19-20(23)22(21(24)27-19)16-8-6-5-7-9-16/h3,5-11,13-14H,1,4,12H2,2H3. The average molecular weight is 381 g/mol. The fourth-order valence-electron chi connectivity index (χ4n) is 2.57. The minimum absolute atomic E-state index is 0.312. The fraction of sp³-hybridized carbons (Fsp3) is 0.143. The zero-order valence-electron chi connectivity index (χ0n) is 14.9. The van der Waals surface area contributed by atoms with E-state index in [2.05, 4.69) is 6.58 Å². The lowest BCUT2D eigenvalue weighted by Crippen LogP contribution is -2.27. The van der Waals surface area contributed by atoms with Gasteiger partial charge in [-0.2, -0.15) is 0 Å². The van der Waals surface area contributed by atoms with Crippen LogP contribution in [0.3, 0.4) is 0 Å². The number of amides is 2. The van der Waals surface area contributed by atoms with Crippen molar-refractivity contribution < 1.29 is 19.1 Å². The maximum absolute atomic E-state index is 12.7. The van der Waals surface area contributed by atoms with Crippen molar-refractivity contribution in [2.24, 2.45) is 0 Å². The number of hydrogen-bond donors (Lipinski definition) is 0. The van der Waals surface area contributed by atoms with Crippen molar-refractivity contribution in [1.82, 2.24) is 0 Å². The summed E-state index contributed by atoms with van der Waals surface area (Å²) in [5.41, 5.74) is 1.31. The largest absolute Gasteiger partial charge is 0.490 e. The number of thioether (sulfide) groups is 1. The second-order valence-electron chi connectivity index (χ2n) is 5.59. The number of benzene rings is 2. The maximum atomic E-state index is 12.7. The SMILES string of the molecule is C=CCOc1ccc(C=C2SC(=O)N(c3ccccc3)C2=O)cc1OCC. The van der Waals surface area contributed by atoms with Gasteiger partial charge in [0.25, 0.3) is 11.1 Å². The lowest BCUT2D eigenvalue weighted by Gasteiger charge is -2.12. The quantitative estimate of drug-likeness (QED) is 0.505. The summed E-state index contributed by atoms with van der Waals surface area (Å²) in [4.78, 5) is 26.5. The van der Waals surface area contributed by atoms with Crippen LogP contribution < -0.4 is 14.4 Å². The number of hydrogen-bond acceptors (Lipinski definition) is 5. The number of carbonyl (C=O) groups is 2. The van der Waals surface area contributed by atoms with Crippen molar-refractivity contribution in [3.63, 3.8) is 0 Å². The van der Waals surface area contributed by atoms with Crippen LogP contribution in [0.5, 0.6) is 11.5 Å². The highest BCUT2D eigenvalue weighted by Gasteiger charge is 2.36. The number of anilines is 1. The van der Waals surface area contributed by atoms with Gasteiger partial charge in [-0.15, -0.1) is 0 Å². The van der Waals surface area contributed by atoms with E-state index >= 15 is 0 Å². The first-order valence-corrected chi connectivity index (χ1v) is 9.29. The number of imide groups is 1. The summed E-state index contributed by atoms with van der Waals surface area (Å²) in [6, 6.07) is 14.3. The maximum Gasteiger partial charge on any atom is 0.298 e. The number of rotatable bonds is 7. The van der Waals surface area contributed by atoms with Gasteiger partial charge in [0, 0.05) is 0 Å². The van der Waals surface area contributed by atoms with Gasteiger partial charge in [0.05, 0.1) is 17.2 Å². The zero-order chi connectivity index (χ0) is 19.2. The van der Waals surface area contributed by atoms with Gasteiger partial charge in [0.1, 0.15) is 6.61 Å². The minimum Gasteiger partial charge on any atom is -0.490 e. The molecule has 0 unspecified atom stereocenters. The van der Waals surface area contributed by atoms with Crippen LogP contribution in [0.4, 0.5) is 10.5 Å². The molecule has 1 heterocycles. The predicted octanol–water partition coefficient (Wildman–Crippen LogP) is 4.89. The second kappa shape index (κ2) is 8.60. The Bertz CT molecular complexity index is 892. The predicted molar refractivity (Wildman–Crippen MR) is 108 cm³/mol. The fourth-order valence-corrected chi connectivity index (χ4v) is 3.41. The van der Waals surface area contributed by atoms with Crippen molar-refractivity contribution in [3.8, 4) is 11.5 Å². The van der Waals surface area contributed by atoms with Gasteiger partial charge in [0.15, 0.2) is 11.5 Å². The molecular weight excluding hydrogens is 362 g/mol. The van der Waals surface area contributed by atoms with Gasteiger partial charge in [-0.25, -0.2) is 4.90 Å². The first-order chi connectivity index (χ1) is 13.1. The molecule has 0 aromatic heterocycles. The Morgan fingerprint density at radius 1 is 1.07 bits per heavy atom. The lowest BCUT2D eigenvalue weighted by atomic mass is 10.1. The Balaban J connectivity index is 1.88. The van der Waals surface area contributed by atoms with Crippen LogP contribution in [0.15, 0.2) is 66.1 Å². The molecule has 1 aliphatic rings. The molecule has 1 aliphatic heterocycles. The van der Waals surface area contributed by atoms with Crippen LogP contribution in [0.1, 0.15) is 12.5 Å². The molecule has 2 amide bonds. The van der Waals surface area contributed by atoms with Gasteiger partial charge < -0.3 is 9.47 Å². The van der Waals surface area contributed by atoms with Crippen LogP contribution >= 0.6 is 11.8 Å². The first kappa shape index (κ1) is 18.8. The van der Waals surface area contributed by atoms with Crippen molar-refractivity contribution >= 4 is 34.7 Å².